The van der Waals surface area contributed by atoms with Crippen LogP contribution in [0.2, 0.25) is 0 Å². The third-order valence-corrected chi connectivity index (χ3v) is 2.95. The fourth-order valence-electron chi connectivity index (χ4n) is 1.89. The first-order valence-electron chi connectivity index (χ1n) is 7.15. The number of alkyl carbamates (subject to hydrolysis) is 1. The van der Waals surface area contributed by atoms with E-state index in [4.69, 9.17) is 14.6 Å². The van der Waals surface area contributed by atoms with Gasteiger partial charge in [0.25, 0.3) is 0 Å². The Morgan fingerprint density at radius 1 is 1.22 bits per heavy atom. The average molecular weight is 325 g/mol. The highest BCUT2D eigenvalue weighted by Crippen LogP contribution is 2.14. The lowest BCUT2D eigenvalue weighted by Gasteiger charge is -2.25. The van der Waals surface area contributed by atoms with Gasteiger partial charge in [0.05, 0.1) is 13.2 Å². The molecular weight excluding hydrogens is 302 g/mol. The standard InChI is InChI=1S/C16H23NO6/c1-16(2,3)23-15(21)17-12(13(18)14(19)20)9-10-5-7-11(22-4)8-6-10/h5-8,12-13,18H,9H2,1-4H3,(H,17,21)(H,19,20)/t12-,13-/m1/s1. The Labute approximate surface area is 135 Å². The maximum Gasteiger partial charge on any atom is 0.407 e. The molecule has 128 valence electrons. The molecule has 0 spiro atoms. The van der Waals surface area contributed by atoms with Gasteiger partial charge in [-0.05, 0) is 44.9 Å². The number of methoxy groups -OCH3 is 1. The summed E-state index contributed by atoms with van der Waals surface area (Å²) in [4.78, 5) is 22.9. The third-order valence-electron chi connectivity index (χ3n) is 2.95. The number of benzene rings is 1. The maximum atomic E-state index is 11.8. The topological polar surface area (TPSA) is 105 Å². The Kier molecular flexibility index (Phi) is 6.38. The van der Waals surface area contributed by atoms with E-state index in [1.807, 2.05) is 0 Å². The van der Waals surface area contributed by atoms with E-state index < -0.39 is 29.8 Å². The number of rotatable bonds is 6. The van der Waals surface area contributed by atoms with Gasteiger partial charge in [0, 0.05) is 0 Å². The minimum Gasteiger partial charge on any atom is -0.497 e. The predicted molar refractivity (Wildman–Crippen MR) is 83.5 cm³/mol. The zero-order valence-electron chi connectivity index (χ0n) is 13.7. The molecule has 0 saturated heterocycles. The molecule has 0 heterocycles. The summed E-state index contributed by atoms with van der Waals surface area (Å²) in [6.07, 6.45) is -2.39. The fourth-order valence-corrected chi connectivity index (χ4v) is 1.89. The molecule has 7 nitrogen and oxygen atoms in total. The number of ether oxygens (including phenoxy) is 2. The molecule has 0 fully saturated rings. The SMILES string of the molecule is COc1ccc(C[C@@H](NC(=O)OC(C)(C)C)[C@@H](O)C(=O)O)cc1. The molecule has 1 amide bonds. The van der Waals surface area contributed by atoms with Crippen LogP contribution in [0.15, 0.2) is 24.3 Å². The van der Waals surface area contributed by atoms with E-state index in [9.17, 15) is 14.7 Å². The highest BCUT2D eigenvalue weighted by atomic mass is 16.6. The lowest BCUT2D eigenvalue weighted by molar-refractivity contribution is -0.148. The number of amides is 1. The van der Waals surface area contributed by atoms with Crippen molar-refractivity contribution < 1.29 is 29.3 Å². The second-order valence-corrected chi connectivity index (χ2v) is 6.09. The van der Waals surface area contributed by atoms with Crippen molar-refractivity contribution in [2.75, 3.05) is 7.11 Å². The van der Waals surface area contributed by atoms with Gasteiger partial charge in [0.2, 0.25) is 0 Å². The van der Waals surface area contributed by atoms with Crippen LogP contribution < -0.4 is 10.1 Å². The lowest BCUT2D eigenvalue weighted by Crippen LogP contribution is -2.49. The summed E-state index contributed by atoms with van der Waals surface area (Å²) >= 11 is 0. The Bertz CT molecular complexity index is 534. The first-order chi connectivity index (χ1) is 10.6. The summed E-state index contributed by atoms with van der Waals surface area (Å²) in [5, 5.41) is 21.2. The Hall–Kier alpha value is -2.28. The monoisotopic (exact) mass is 325 g/mol. The second-order valence-electron chi connectivity index (χ2n) is 6.09. The molecular formula is C16H23NO6. The van der Waals surface area contributed by atoms with E-state index in [1.165, 1.54) is 7.11 Å². The van der Waals surface area contributed by atoms with Gasteiger partial charge in [-0.15, -0.1) is 0 Å². The van der Waals surface area contributed by atoms with Gasteiger partial charge < -0.3 is 25.0 Å². The van der Waals surface area contributed by atoms with Crippen molar-refractivity contribution in [1.29, 1.82) is 0 Å². The van der Waals surface area contributed by atoms with Gasteiger partial charge in [-0.2, -0.15) is 0 Å². The number of carbonyl (C=O) groups is 2. The van der Waals surface area contributed by atoms with Crippen LogP contribution in [0.1, 0.15) is 26.3 Å². The van der Waals surface area contributed by atoms with Gasteiger partial charge in [-0.3, -0.25) is 0 Å². The number of hydrogen-bond donors (Lipinski definition) is 3. The van der Waals surface area contributed by atoms with Crippen molar-refractivity contribution in [3.8, 4) is 5.75 Å². The van der Waals surface area contributed by atoms with Crippen LogP contribution in [0.4, 0.5) is 4.79 Å². The van der Waals surface area contributed by atoms with Crippen LogP contribution in [-0.4, -0.2) is 47.1 Å². The largest absolute Gasteiger partial charge is 0.497 e. The summed E-state index contributed by atoms with van der Waals surface area (Å²) in [7, 11) is 1.54. The van der Waals surface area contributed by atoms with E-state index >= 15 is 0 Å². The van der Waals surface area contributed by atoms with Gasteiger partial charge in [-0.25, -0.2) is 9.59 Å². The smallest absolute Gasteiger partial charge is 0.407 e. The summed E-state index contributed by atoms with van der Waals surface area (Å²) in [5.41, 5.74) is 0.0234. The van der Waals surface area contributed by atoms with Crippen LogP contribution in [0.5, 0.6) is 5.75 Å². The van der Waals surface area contributed by atoms with E-state index in [0.29, 0.717) is 5.75 Å². The molecule has 1 rings (SSSR count). The summed E-state index contributed by atoms with van der Waals surface area (Å²) in [6, 6.07) is 5.88. The Morgan fingerprint density at radius 2 is 1.78 bits per heavy atom. The molecule has 0 aliphatic rings. The summed E-state index contributed by atoms with van der Waals surface area (Å²) < 4.78 is 10.1. The van der Waals surface area contributed by atoms with E-state index in [-0.39, 0.29) is 6.42 Å². The molecule has 0 bridgehead atoms. The number of carbonyl (C=O) groups excluding carboxylic acids is 1. The number of nitrogens with one attached hydrogen (secondary N) is 1. The molecule has 0 saturated carbocycles. The fraction of sp³-hybridized carbons (Fsp3) is 0.500. The minimum absolute atomic E-state index is 0.136. The molecule has 23 heavy (non-hydrogen) atoms. The molecule has 1 aromatic rings. The van der Waals surface area contributed by atoms with Crippen molar-refractivity contribution in [3.05, 3.63) is 29.8 Å². The molecule has 0 aromatic heterocycles. The first kappa shape index (κ1) is 18.8. The van der Waals surface area contributed by atoms with Crippen LogP contribution in [0.25, 0.3) is 0 Å². The van der Waals surface area contributed by atoms with Gasteiger partial charge in [0.1, 0.15) is 11.4 Å². The van der Waals surface area contributed by atoms with Crippen LogP contribution in [0, 0.1) is 0 Å². The van der Waals surface area contributed by atoms with Crippen LogP contribution >= 0.6 is 0 Å². The highest BCUT2D eigenvalue weighted by molar-refractivity contribution is 5.75. The molecule has 0 aliphatic heterocycles. The van der Waals surface area contributed by atoms with Gasteiger partial charge in [-0.1, -0.05) is 12.1 Å². The number of aliphatic hydroxyl groups excluding tert-OH is 1. The van der Waals surface area contributed by atoms with E-state index in [1.54, 1.807) is 45.0 Å². The minimum atomic E-state index is -1.75. The van der Waals surface area contributed by atoms with Crippen molar-refractivity contribution >= 4 is 12.1 Å². The molecule has 0 aliphatic carbocycles. The molecule has 2 atom stereocenters. The maximum absolute atomic E-state index is 11.8. The van der Waals surface area contributed by atoms with Crippen molar-refractivity contribution in [2.45, 2.75) is 44.9 Å². The van der Waals surface area contributed by atoms with Crippen LogP contribution in [-0.2, 0) is 16.0 Å². The predicted octanol–water partition coefficient (Wildman–Crippen LogP) is 1.58. The normalized spacial score (nSPS) is 13.8. The van der Waals surface area contributed by atoms with Crippen molar-refractivity contribution in [1.82, 2.24) is 5.32 Å². The zero-order chi connectivity index (χ0) is 17.6. The zero-order valence-corrected chi connectivity index (χ0v) is 13.7. The van der Waals surface area contributed by atoms with Gasteiger partial charge in [0.15, 0.2) is 6.10 Å². The number of aliphatic carboxylic acids is 1. The first-order valence-corrected chi connectivity index (χ1v) is 7.15. The molecule has 0 radical (unpaired) electrons. The van der Waals surface area contributed by atoms with E-state index in [2.05, 4.69) is 5.32 Å². The highest BCUT2D eigenvalue weighted by Gasteiger charge is 2.29. The molecule has 7 heteroatoms. The number of aliphatic hydroxyl groups is 1. The summed E-state index contributed by atoms with van der Waals surface area (Å²) in [5.74, 6) is -0.760. The van der Waals surface area contributed by atoms with Crippen molar-refractivity contribution in [2.24, 2.45) is 0 Å². The average Bonchev–Trinajstić information content (AvgIpc) is 2.44. The van der Waals surface area contributed by atoms with Crippen LogP contribution in [0.3, 0.4) is 0 Å². The number of carboxylic acids is 1. The van der Waals surface area contributed by atoms with Gasteiger partial charge >= 0.3 is 12.1 Å². The quantitative estimate of drug-likeness (QED) is 0.733. The Balaban J connectivity index is 2.83. The number of carboxylic acid groups (broad SMARTS) is 1. The summed E-state index contributed by atoms with van der Waals surface area (Å²) in [6.45, 7) is 5.08. The third kappa shape index (κ3) is 6.56. The van der Waals surface area contributed by atoms with E-state index in [0.717, 1.165) is 5.56 Å². The molecule has 3 N–H and O–H groups in total. The van der Waals surface area contributed by atoms with Crippen molar-refractivity contribution in [3.63, 3.8) is 0 Å². The number of hydrogen-bond acceptors (Lipinski definition) is 5. The second kappa shape index (κ2) is 7.82. The molecule has 0 unspecified atom stereocenters. The lowest BCUT2D eigenvalue weighted by atomic mass is 10.0. The molecule has 1 aromatic carbocycles. The Morgan fingerprint density at radius 3 is 2.22 bits per heavy atom.